The Hall–Kier alpha value is -1.94. The Morgan fingerprint density at radius 2 is 1.92 bits per heavy atom. The van der Waals surface area contributed by atoms with Crippen LogP contribution in [0.25, 0.3) is 10.9 Å². The molecule has 0 bridgehead atoms. The predicted molar refractivity (Wildman–Crippen MR) is 97.8 cm³/mol. The highest BCUT2D eigenvalue weighted by Gasteiger charge is 2.24. The van der Waals surface area contributed by atoms with Crippen molar-refractivity contribution in [1.29, 1.82) is 0 Å². The second-order valence-corrected chi connectivity index (χ2v) is 8.99. The fourth-order valence-corrected chi connectivity index (χ4v) is 5.07. The minimum atomic E-state index is -3.81. The van der Waals surface area contributed by atoms with Crippen LogP contribution in [0.5, 0.6) is 0 Å². The Morgan fingerprint density at radius 3 is 2.56 bits per heavy atom. The Balaban J connectivity index is 2.04. The van der Waals surface area contributed by atoms with Crippen molar-refractivity contribution in [2.24, 2.45) is 0 Å². The van der Waals surface area contributed by atoms with E-state index < -0.39 is 21.3 Å². The highest BCUT2D eigenvalue weighted by molar-refractivity contribution is 7.89. The maximum absolute atomic E-state index is 12.9. The number of thiophene rings is 1. The molecule has 2 aromatic heterocycles. The van der Waals surface area contributed by atoms with Gasteiger partial charge >= 0.3 is 5.69 Å². The average molecular weight is 400 g/mol. The zero-order chi connectivity index (χ0) is 18.2. The molecule has 0 aliphatic carbocycles. The van der Waals surface area contributed by atoms with Crippen LogP contribution in [0.4, 0.5) is 0 Å². The van der Waals surface area contributed by atoms with Crippen molar-refractivity contribution >= 4 is 43.9 Å². The van der Waals surface area contributed by atoms with Crippen molar-refractivity contribution in [3.05, 3.63) is 60.4 Å². The minimum absolute atomic E-state index is 0.0120. The fraction of sp³-hybridized carbons (Fsp3) is 0.200. The molecule has 2 heterocycles. The summed E-state index contributed by atoms with van der Waals surface area (Å²) in [5.74, 6) is 0. The van der Waals surface area contributed by atoms with Gasteiger partial charge < -0.3 is 4.98 Å². The number of aromatic amines is 2. The number of halogens is 1. The van der Waals surface area contributed by atoms with E-state index in [-0.39, 0.29) is 28.9 Å². The van der Waals surface area contributed by atoms with Crippen molar-refractivity contribution < 1.29 is 8.42 Å². The molecule has 1 aromatic carbocycles. The molecule has 10 heteroatoms. The van der Waals surface area contributed by atoms with Crippen LogP contribution in [0.2, 0.25) is 4.34 Å². The number of H-pyrrole nitrogens is 2. The summed E-state index contributed by atoms with van der Waals surface area (Å²) < 4.78 is 27.7. The summed E-state index contributed by atoms with van der Waals surface area (Å²) in [5.41, 5.74) is -0.998. The number of aromatic nitrogens is 2. The third-order valence-corrected chi connectivity index (χ3v) is 6.80. The van der Waals surface area contributed by atoms with Gasteiger partial charge in [-0.15, -0.1) is 11.3 Å². The third-order valence-electron chi connectivity index (χ3n) is 3.66. The van der Waals surface area contributed by atoms with Gasteiger partial charge in [0.2, 0.25) is 10.0 Å². The van der Waals surface area contributed by atoms with Crippen LogP contribution < -0.4 is 11.2 Å². The first-order chi connectivity index (χ1) is 11.8. The summed E-state index contributed by atoms with van der Waals surface area (Å²) in [6.07, 6.45) is 0. The van der Waals surface area contributed by atoms with Crippen molar-refractivity contribution in [2.75, 3.05) is 6.54 Å². The molecule has 3 aromatic rings. The molecule has 0 aliphatic rings. The smallest absolute Gasteiger partial charge is 0.307 e. The Bertz CT molecular complexity index is 1150. The Kier molecular flexibility index (Phi) is 4.83. The standard InChI is InChI=1S/C15H14ClN3O4S2/c1-2-19(8-9-3-6-13(16)24-9)25(22,23)10-4-5-12-11(7-10)14(20)18-15(21)17-12/h3-7H,2,8H2,1H3,(H2,17,18,20,21). The summed E-state index contributed by atoms with van der Waals surface area (Å²) >= 11 is 7.21. The zero-order valence-corrected chi connectivity index (χ0v) is 15.5. The molecule has 0 saturated heterocycles. The first-order valence-corrected chi connectivity index (χ1v) is 9.95. The highest BCUT2D eigenvalue weighted by atomic mass is 35.5. The van der Waals surface area contributed by atoms with Crippen molar-refractivity contribution in [3.63, 3.8) is 0 Å². The topological polar surface area (TPSA) is 103 Å². The van der Waals surface area contributed by atoms with E-state index in [1.54, 1.807) is 19.1 Å². The van der Waals surface area contributed by atoms with Crippen LogP contribution in [0.15, 0.2) is 44.8 Å². The number of rotatable bonds is 5. The van der Waals surface area contributed by atoms with Crippen molar-refractivity contribution in [3.8, 4) is 0 Å². The average Bonchev–Trinajstić information content (AvgIpc) is 2.97. The van der Waals surface area contributed by atoms with E-state index in [9.17, 15) is 18.0 Å². The van der Waals surface area contributed by atoms with Gasteiger partial charge in [0.15, 0.2) is 0 Å². The lowest BCUT2D eigenvalue weighted by atomic mass is 10.2. The summed E-state index contributed by atoms with van der Waals surface area (Å²) in [6.45, 7) is 2.19. The molecule has 0 saturated carbocycles. The van der Waals surface area contributed by atoms with Gasteiger partial charge in [-0.25, -0.2) is 13.2 Å². The first-order valence-electron chi connectivity index (χ1n) is 7.32. The number of fused-ring (bicyclic) bond motifs is 1. The van der Waals surface area contributed by atoms with Gasteiger partial charge in [-0.05, 0) is 30.3 Å². The summed E-state index contributed by atoms with van der Waals surface area (Å²) in [6, 6.07) is 7.55. The largest absolute Gasteiger partial charge is 0.326 e. The molecular formula is C15H14ClN3O4S2. The highest BCUT2D eigenvalue weighted by Crippen LogP contribution is 2.26. The normalized spacial score (nSPS) is 12.1. The molecule has 3 rings (SSSR count). The molecule has 0 unspecified atom stereocenters. The molecular weight excluding hydrogens is 386 g/mol. The maximum atomic E-state index is 12.9. The lowest BCUT2D eigenvalue weighted by molar-refractivity contribution is 0.426. The van der Waals surface area contributed by atoms with Crippen LogP contribution >= 0.6 is 22.9 Å². The van der Waals surface area contributed by atoms with Gasteiger partial charge in [-0.2, -0.15) is 4.31 Å². The number of nitrogens with zero attached hydrogens (tertiary/aromatic N) is 1. The maximum Gasteiger partial charge on any atom is 0.326 e. The Labute approximate surface area is 151 Å². The lowest BCUT2D eigenvalue weighted by Crippen LogP contribution is -2.30. The van der Waals surface area contributed by atoms with Crippen LogP contribution in [-0.4, -0.2) is 29.2 Å². The van der Waals surface area contributed by atoms with Crippen LogP contribution in [0.1, 0.15) is 11.8 Å². The van der Waals surface area contributed by atoms with Gasteiger partial charge in [0.05, 0.1) is 20.1 Å². The number of nitrogens with one attached hydrogen (secondary N) is 2. The molecule has 132 valence electrons. The molecule has 0 radical (unpaired) electrons. The zero-order valence-electron chi connectivity index (χ0n) is 13.1. The van der Waals surface area contributed by atoms with Crippen LogP contribution in [0, 0.1) is 0 Å². The molecule has 0 spiro atoms. The van der Waals surface area contributed by atoms with Gasteiger partial charge in [-0.1, -0.05) is 18.5 Å². The molecule has 25 heavy (non-hydrogen) atoms. The van der Waals surface area contributed by atoms with E-state index >= 15 is 0 Å². The quantitative estimate of drug-likeness (QED) is 0.685. The SMILES string of the molecule is CCN(Cc1ccc(Cl)s1)S(=O)(=O)c1ccc2[nH]c(=O)[nH]c(=O)c2c1. The lowest BCUT2D eigenvalue weighted by Gasteiger charge is -2.20. The molecule has 0 amide bonds. The third kappa shape index (κ3) is 3.54. The minimum Gasteiger partial charge on any atom is -0.307 e. The van der Waals surface area contributed by atoms with E-state index in [1.807, 2.05) is 0 Å². The molecule has 0 atom stereocenters. The summed E-state index contributed by atoms with van der Waals surface area (Å²) in [7, 11) is -3.81. The molecule has 2 N–H and O–H groups in total. The fourth-order valence-electron chi connectivity index (χ4n) is 2.43. The second kappa shape index (κ2) is 6.75. The predicted octanol–water partition coefficient (Wildman–Crippen LogP) is 2.14. The number of benzene rings is 1. The number of sulfonamides is 1. The van der Waals surface area contributed by atoms with Gasteiger partial charge in [0.1, 0.15) is 0 Å². The van der Waals surface area contributed by atoms with E-state index in [1.165, 1.54) is 33.8 Å². The molecule has 0 aliphatic heterocycles. The molecule has 7 nitrogen and oxygen atoms in total. The van der Waals surface area contributed by atoms with E-state index in [0.717, 1.165) is 4.88 Å². The van der Waals surface area contributed by atoms with Crippen LogP contribution in [0.3, 0.4) is 0 Å². The van der Waals surface area contributed by atoms with E-state index in [0.29, 0.717) is 4.34 Å². The first kappa shape index (κ1) is 17.9. The van der Waals surface area contributed by atoms with Crippen LogP contribution in [-0.2, 0) is 16.6 Å². The van der Waals surface area contributed by atoms with Gasteiger partial charge in [-0.3, -0.25) is 9.78 Å². The Morgan fingerprint density at radius 1 is 1.16 bits per heavy atom. The van der Waals surface area contributed by atoms with Gasteiger partial charge in [0.25, 0.3) is 5.56 Å². The van der Waals surface area contributed by atoms with E-state index in [4.69, 9.17) is 11.6 Å². The van der Waals surface area contributed by atoms with E-state index in [2.05, 4.69) is 9.97 Å². The number of hydrogen-bond donors (Lipinski definition) is 2. The monoisotopic (exact) mass is 399 g/mol. The summed E-state index contributed by atoms with van der Waals surface area (Å²) in [4.78, 5) is 28.6. The molecule has 0 fully saturated rings. The summed E-state index contributed by atoms with van der Waals surface area (Å²) in [5, 5.41) is 0.107. The van der Waals surface area contributed by atoms with Crippen molar-refractivity contribution in [2.45, 2.75) is 18.4 Å². The number of hydrogen-bond acceptors (Lipinski definition) is 5. The second-order valence-electron chi connectivity index (χ2n) is 5.25. The van der Waals surface area contributed by atoms with Crippen molar-refractivity contribution in [1.82, 2.24) is 14.3 Å². The van der Waals surface area contributed by atoms with Gasteiger partial charge in [0, 0.05) is 18.0 Å².